The van der Waals surface area contributed by atoms with E-state index in [0.717, 1.165) is 0 Å². The van der Waals surface area contributed by atoms with Crippen LogP contribution in [-0.4, -0.2) is 13.0 Å². The molecule has 5 nitrogen and oxygen atoms in total. The highest BCUT2D eigenvalue weighted by Crippen LogP contribution is 2.31. The minimum Gasteiger partial charge on any atom is -0.398 e. The fourth-order valence-electron chi connectivity index (χ4n) is 1.66. The maximum atomic E-state index is 11.1. The first kappa shape index (κ1) is 10.7. The van der Waals surface area contributed by atoms with Crippen molar-refractivity contribution in [2.24, 2.45) is 0 Å². The van der Waals surface area contributed by atoms with Crippen molar-refractivity contribution in [1.29, 1.82) is 0 Å². The molecule has 0 aliphatic heterocycles. The first-order chi connectivity index (χ1) is 7.41. The van der Waals surface area contributed by atoms with Gasteiger partial charge in [-0.2, -0.15) is 8.42 Å². The van der Waals surface area contributed by atoms with Gasteiger partial charge in [0.15, 0.2) is 0 Å². The maximum Gasteiger partial charge on any atom is 0.295 e. The summed E-state index contributed by atoms with van der Waals surface area (Å²) in [6.07, 6.45) is 0. The van der Waals surface area contributed by atoms with E-state index in [1.807, 2.05) is 0 Å². The van der Waals surface area contributed by atoms with E-state index in [4.69, 9.17) is 16.0 Å². The van der Waals surface area contributed by atoms with Crippen LogP contribution in [-0.2, 0) is 10.1 Å². The summed E-state index contributed by atoms with van der Waals surface area (Å²) in [6.45, 7) is 0. The van der Waals surface area contributed by atoms with Crippen LogP contribution >= 0.6 is 0 Å². The molecule has 6 heteroatoms. The maximum absolute atomic E-state index is 11.1. The Kier molecular flexibility index (Phi) is 2.25. The zero-order chi connectivity index (χ0) is 11.9. The molecule has 0 bridgehead atoms. The highest BCUT2D eigenvalue weighted by atomic mass is 32.2. The highest BCUT2D eigenvalue weighted by molar-refractivity contribution is 7.86. The summed E-state index contributed by atoms with van der Waals surface area (Å²) in [4.78, 5) is -0.191. The topological polar surface area (TPSA) is 106 Å². The van der Waals surface area contributed by atoms with Crippen LogP contribution in [0.25, 0.3) is 10.8 Å². The Morgan fingerprint density at radius 3 is 2.25 bits per heavy atom. The SMILES string of the molecule is Nc1cccc2c(S(=O)(=O)O)ccc(N)c12. The van der Waals surface area contributed by atoms with E-state index in [9.17, 15) is 8.42 Å². The fourth-order valence-corrected chi connectivity index (χ4v) is 2.35. The number of benzene rings is 2. The van der Waals surface area contributed by atoms with Crippen LogP contribution in [0.1, 0.15) is 0 Å². The van der Waals surface area contributed by atoms with Crippen molar-refractivity contribution in [3.63, 3.8) is 0 Å². The minimum absolute atomic E-state index is 0.191. The Bertz CT molecular complexity index is 657. The molecule has 0 fully saturated rings. The zero-order valence-electron chi connectivity index (χ0n) is 8.21. The molecule has 5 N–H and O–H groups in total. The van der Waals surface area contributed by atoms with Gasteiger partial charge in [-0.05, 0) is 18.2 Å². The first-order valence-electron chi connectivity index (χ1n) is 4.45. The number of fused-ring (bicyclic) bond motifs is 1. The van der Waals surface area contributed by atoms with Crippen molar-refractivity contribution in [3.8, 4) is 0 Å². The molecular weight excluding hydrogens is 228 g/mol. The Balaban J connectivity index is 3.02. The molecule has 0 saturated heterocycles. The zero-order valence-corrected chi connectivity index (χ0v) is 9.03. The monoisotopic (exact) mass is 238 g/mol. The molecule has 16 heavy (non-hydrogen) atoms. The van der Waals surface area contributed by atoms with E-state index >= 15 is 0 Å². The average Bonchev–Trinajstić information content (AvgIpc) is 2.16. The van der Waals surface area contributed by atoms with Gasteiger partial charge in [0.05, 0.1) is 0 Å². The molecule has 0 aliphatic carbocycles. The Labute approximate surface area is 92.4 Å². The molecule has 0 amide bonds. The van der Waals surface area contributed by atoms with E-state index in [-0.39, 0.29) is 4.90 Å². The van der Waals surface area contributed by atoms with Gasteiger partial charge >= 0.3 is 0 Å². The number of hydrogen-bond donors (Lipinski definition) is 3. The van der Waals surface area contributed by atoms with Gasteiger partial charge in [-0.3, -0.25) is 4.55 Å². The van der Waals surface area contributed by atoms with Crippen molar-refractivity contribution in [3.05, 3.63) is 30.3 Å². The van der Waals surface area contributed by atoms with E-state index < -0.39 is 10.1 Å². The van der Waals surface area contributed by atoms with E-state index in [1.165, 1.54) is 12.1 Å². The molecule has 0 spiro atoms. The summed E-state index contributed by atoms with van der Waals surface area (Å²) in [7, 11) is -4.27. The third-order valence-corrected chi connectivity index (χ3v) is 3.25. The molecule has 2 aromatic rings. The molecule has 84 valence electrons. The Morgan fingerprint density at radius 1 is 1.00 bits per heavy atom. The number of anilines is 2. The second kappa shape index (κ2) is 3.36. The van der Waals surface area contributed by atoms with Crippen molar-refractivity contribution in [2.75, 3.05) is 11.5 Å². The Morgan fingerprint density at radius 2 is 1.62 bits per heavy atom. The number of nitrogens with two attached hydrogens (primary N) is 2. The van der Waals surface area contributed by atoms with E-state index in [2.05, 4.69) is 0 Å². The molecule has 2 rings (SSSR count). The highest BCUT2D eigenvalue weighted by Gasteiger charge is 2.15. The molecule has 0 unspecified atom stereocenters. The van der Waals surface area contributed by atoms with Gasteiger partial charge < -0.3 is 11.5 Å². The van der Waals surface area contributed by atoms with E-state index in [1.54, 1.807) is 18.2 Å². The molecule has 0 aromatic heterocycles. The summed E-state index contributed by atoms with van der Waals surface area (Å²) >= 11 is 0. The molecule has 2 aromatic carbocycles. The van der Waals surface area contributed by atoms with Gasteiger partial charge in [0.2, 0.25) is 0 Å². The quantitative estimate of drug-likeness (QED) is 0.512. The lowest BCUT2D eigenvalue weighted by Gasteiger charge is -2.08. The van der Waals surface area contributed by atoms with Gasteiger partial charge in [-0.15, -0.1) is 0 Å². The van der Waals surface area contributed by atoms with Crippen LogP contribution in [0.3, 0.4) is 0 Å². The summed E-state index contributed by atoms with van der Waals surface area (Å²) in [6, 6.07) is 7.43. The average molecular weight is 238 g/mol. The summed E-state index contributed by atoms with van der Waals surface area (Å²) in [5, 5.41) is 0.764. The molecule has 0 heterocycles. The van der Waals surface area contributed by atoms with Crippen LogP contribution in [0.15, 0.2) is 35.2 Å². The first-order valence-corrected chi connectivity index (χ1v) is 5.89. The third-order valence-electron chi connectivity index (χ3n) is 2.34. The second-order valence-electron chi connectivity index (χ2n) is 3.40. The number of nitrogen functional groups attached to an aromatic ring is 2. The van der Waals surface area contributed by atoms with Gasteiger partial charge in [0.1, 0.15) is 4.90 Å². The predicted molar refractivity (Wildman–Crippen MR) is 62.6 cm³/mol. The number of hydrogen-bond acceptors (Lipinski definition) is 4. The normalized spacial score (nSPS) is 11.8. The molecule has 0 atom stereocenters. The lowest BCUT2D eigenvalue weighted by molar-refractivity contribution is 0.484. The van der Waals surface area contributed by atoms with Crippen LogP contribution in [0, 0.1) is 0 Å². The van der Waals surface area contributed by atoms with E-state index in [0.29, 0.717) is 22.1 Å². The minimum atomic E-state index is -4.27. The standard InChI is InChI=1S/C10H10N2O3S/c11-7-3-1-2-6-9(16(13,14)15)5-4-8(12)10(6)7/h1-5H,11-12H2,(H,13,14,15). The van der Waals surface area contributed by atoms with Gasteiger partial charge in [0, 0.05) is 22.1 Å². The van der Waals surface area contributed by atoms with Crippen molar-refractivity contribution >= 4 is 32.3 Å². The second-order valence-corrected chi connectivity index (χ2v) is 4.79. The largest absolute Gasteiger partial charge is 0.398 e. The predicted octanol–water partition coefficient (Wildman–Crippen LogP) is 1.25. The lowest BCUT2D eigenvalue weighted by Crippen LogP contribution is -2.01. The van der Waals surface area contributed by atoms with Crippen molar-refractivity contribution in [2.45, 2.75) is 4.90 Å². The third kappa shape index (κ3) is 1.58. The smallest absolute Gasteiger partial charge is 0.295 e. The molecule has 0 saturated carbocycles. The molecule has 0 radical (unpaired) electrons. The fraction of sp³-hybridized carbons (Fsp3) is 0. The molecular formula is C10H10N2O3S. The van der Waals surface area contributed by atoms with Crippen LogP contribution in [0.4, 0.5) is 11.4 Å². The van der Waals surface area contributed by atoms with Crippen molar-refractivity contribution < 1.29 is 13.0 Å². The number of rotatable bonds is 1. The van der Waals surface area contributed by atoms with Crippen LogP contribution in [0.5, 0.6) is 0 Å². The lowest BCUT2D eigenvalue weighted by atomic mass is 10.1. The van der Waals surface area contributed by atoms with Crippen molar-refractivity contribution in [1.82, 2.24) is 0 Å². The molecule has 0 aliphatic rings. The Hall–Kier alpha value is -1.79. The summed E-state index contributed by atoms with van der Waals surface area (Å²) in [5.74, 6) is 0. The van der Waals surface area contributed by atoms with Crippen LogP contribution < -0.4 is 11.5 Å². The van der Waals surface area contributed by atoms with Gasteiger partial charge in [-0.1, -0.05) is 12.1 Å². The van der Waals surface area contributed by atoms with Crippen LogP contribution in [0.2, 0.25) is 0 Å². The van der Waals surface area contributed by atoms with Gasteiger partial charge in [-0.25, -0.2) is 0 Å². The van der Waals surface area contributed by atoms with Gasteiger partial charge in [0.25, 0.3) is 10.1 Å². The summed E-state index contributed by atoms with van der Waals surface area (Å²) < 4.78 is 31.3. The summed E-state index contributed by atoms with van der Waals surface area (Å²) in [5.41, 5.74) is 12.2.